The molecule has 0 aliphatic carbocycles. The third-order valence-corrected chi connectivity index (χ3v) is 5.02. The molecule has 1 aromatic carbocycles. The van der Waals surface area contributed by atoms with Gasteiger partial charge in [0.2, 0.25) is 11.8 Å². The van der Waals surface area contributed by atoms with Gasteiger partial charge in [-0.15, -0.1) is 11.3 Å². The number of amides is 2. The van der Waals surface area contributed by atoms with Crippen molar-refractivity contribution in [2.75, 3.05) is 6.54 Å². The summed E-state index contributed by atoms with van der Waals surface area (Å²) in [4.78, 5) is 29.9. The number of carbonyl (C=O) groups is 2. The number of rotatable bonds is 4. The number of nitrogens with zero attached hydrogens (tertiary/aromatic N) is 2. The molecular weight excluding hydrogens is 310 g/mol. The Hall–Kier alpha value is -2.21. The molecule has 1 atom stereocenters. The summed E-state index contributed by atoms with van der Waals surface area (Å²) in [5, 5.41) is 2.81. The summed E-state index contributed by atoms with van der Waals surface area (Å²) in [5.41, 5.74) is 8.36. The molecule has 1 saturated heterocycles. The van der Waals surface area contributed by atoms with Crippen molar-refractivity contribution in [2.45, 2.75) is 32.2 Å². The van der Waals surface area contributed by atoms with Gasteiger partial charge in [-0.05, 0) is 19.8 Å². The van der Waals surface area contributed by atoms with Crippen molar-refractivity contribution in [3.8, 4) is 10.6 Å². The lowest BCUT2D eigenvalue weighted by Gasteiger charge is -2.21. The number of likely N-dealkylation sites (tertiary alicyclic amines) is 1. The average Bonchev–Trinajstić information content (AvgIpc) is 3.16. The Morgan fingerprint density at radius 1 is 1.35 bits per heavy atom. The predicted octanol–water partition coefficient (Wildman–Crippen LogP) is 2.14. The van der Waals surface area contributed by atoms with E-state index >= 15 is 0 Å². The summed E-state index contributed by atoms with van der Waals surface area (Å²) in [7, 11) is 0. The standard InChI is InChI=1S/C17H19N3O2S/c1-11-4-6-12(7-5-11)17-19-13(10-23-17)9-15(21)20-8-2-3-14(20)16(18)22/h4-7,10,14H,2-3,8-9H2,1H3,(H2,18,22)/t14-/m1/s1. The number of aromatic nitrogens is 1. The highest BCUT2D eigenvalue weighted by Crippen LogP contribution is 2.25. The van der Waals surface area contributed by atoms with Crippen molar-refractivity contribution in [3.05, 3.63) is 40.9 Å². The van der Waals surface area contributed by atoms with Crippen LogP contribution in [0.15, 0.2) is 29.6 Å². The van der Waals surface area contributed by atoms with Crippen molar-refractivity contribution < 1.29 is 9.59 Å². The minimum Gasteiger partial charge on any atom is -0.368 e. The van der Waals surface area contributed by atoms with E-state index in [2.05, 4.69) is 4.98 Å². The quantitative estimate of drug-likeness (QED) is 0.933. The molecule has 120 valence electrons. The molecule has 2 N–H and O–H groups in total. The zero-order valence-electron chi connectivity index (χ0n) is 13.0. The summed E-state index contributed by atoms with van der Waals surface area (Å²) < 4.78 is 0. The van der Waals surface area contributed by atoms with Gasteiger partial charge >= 0.3 is 0 Å². The fraction of sp³-hybridized carbons (Fsp3) is 0.353. The maximum absolute atomic E-state index is 12.4. The number of nitrogens with two attached hydrogens (primary N) is 1. The molecule has 0 spiro atoms. The molecule has 5 nitrogen and oxygen atoms in total. The van der Waals surface area contributed by atoms with Crippen molar-refractivity contribution >= 4 is 23.2 Å². The number of carbonyl (C=O) groups excluding carboxylic acids is 2. The molecule has 0 unspecified atom stereocenters. The maximum atomic E-state index is 12.4. The molecule has 1 aromatic heterocycles. The van der Waals surface area contributed by atoms with Crippen LogP contribution in [0.2, 0.25) is 0 Å². The number of benzene rings is 1. The lowest BCUT2D eigenvalue weighted by atomic mass is 10.1. The van der Waals surface area contributed by atoms with Crippen molar-refractivity contribution in [2.24, 2.45) is 5.73 Å². The number of aryl methyl sites for hydroxylation is 1. The Labute approximate surface area is 139 Å². The van der Waals surface area contributed by atoms with Crippen LogP contribution in [0.25, 0.3) is 10.6 Å². The van der Waals surface area contributed by atoms with Gasteiger partial charge in [0, 0.05) is 17.5 Å². The highest BCUT2D eigenvalue weighted by Gasteiger charge is 2.32. The molecule has 0 bridgehead atoms. The fourth-order valence-corrected chi connectivity index (χ4v) is 3.66. The van der Waals surface area contributed by atoms with Crippen LogP contribution < -0.4 is 5.73 Å². The molecule has 0 saturated carbocycles. The number of hydrogen-bond donors (Lipinski definition) is 1. The van der Waals surface area contributed by atoms with E-state index < -0.39 is 11.9 Å². The van der Waals surface area contributed by atoms with Gasteiger partial charge in [-0.25, -0.2) is 4.98 Å². The number of thiazole rings is 1. The van der Waals surface area contributed by atoms with Crippen LogP contribution in [0.5, 0.6) is 0 Å². The van der Waals surface area contributed by atoms with Crippen LogP contribution in [-0.4, -0.2) is 34.3 Å². The van der Waals surface area contributed by atoms with Crippen LogP contribution in [0.3, 0.4) is 0 Å². The van der Waals surface area contributed by atoms with Gasteiger partial charge in [0.15, 0.2) is 0 Å². The van der Waals surface area contributed by atoms with E-state index in [1.54, 1.807) is 4.90 Å². The summed E-state index contributed by atoms with van der Waals surface area (Å²) in [6.07, 6.45) is 1.70. The molecule has 0 radical (unpaired) electrons. The molecule has 2 aromatic rings. The van der Waals surface area contributed by atoms with Gasteiger partial charge < -0.3 is 10.6 Å². The van der Waals surface area contributed by atoms with Crippen LogP contribution in [0, 0.1) is 6.92 Å². The van der Waals surface area contributed by atoms with Crippen LogP contribution >= 0.6 is 11.3 Å². The monoisotopic (exact) mass is 329 g/mol. The smallest absolute Gasteiger partial charge is 0.240 e. The fourth-order valence-electron chi connectivity index (χ4n) is 2.83. The first-order chi connectivity index (χ1) is 11.0. The molecule has 6 heteroatoms. The molecule has 1 aliphatic heterocycles. The third kappa shape index (κ3) is 3.42. The van der Waals surface area contributed by atoms with Gasteiger partial charge in [0.1, 0.15) is 11.0 Å². The van der Waals surface area contributed by atoms with E-state index in [1.807, 2.05) is 36.6 Å². The second-order valence-corrected chi connectivity index (χ2v) is 6.69. The minimum absolute atomic E-state index is 0.0768. The normalized spacial score (nSPS) is 17.4. The first kappa shape index (κ1) is 15.7. The Balaban J connectivity index is 1.70. The van der Waals surface area contributed by atoms with Crippen LogP contribution in [0.4, 0.5) is 0 Å². The van der Waals surface area contributed by atoms with E-state index in [0.29, 0.717) is 13.0 Å². The van der Waals surface area contributed by atoms with Gasteiger partial charge in [-0.2, -0.15) is 0 Å². The van der Waals surface area contributed by atoms with Gasteiger partial charge in [0.05, 0.1) is 12.1 Å². The first-order valence-corrected chi connectivity index (χ1v) is 8.53. The maximum Gasteiger partial charge on any atom is 0.240 e. The molecule has 3 rings (SSSR count). The van der Waals surface area contributed by atoms with Gasteiger partial charge in [0.25, 0.3) is 0 Å². The zero-order valence-corrected chi connectivity index (χ0v) is 13.8. The van der Waals surface area contributed by atoms with Crippen LogP contribution in [0.1, 0.15) is 24.1 Å². The third-order valence-electron chi connectivity index (χ3n) is 4.08. The molecule has 2 heterocycles. The van der Waals surface area contributed by atoms with Gasteiger partial charge in [-0.1, -0.05) is 29.8 Å². The van der Waals surface area contributed by atoms with E-state index in [4.69, 9.17) is 5.73 Å². The number of hydrogen-bond acceptors (Lipinski definition) is 4. The zero-order chi connectivity index (χ0) is 16.4. The van der Waals surface area contributed by atoms with Gasteiger partial charge in [-0.3, -0.25) is 9.59 Å². The molecular formula is C17H19N3O2S. The molecule has 1 fully saturated rings. The molecule has 2 amide bonds. The van der Waals surface area contributed by atoms with Crippen molar-refractivity contribution in [1.82, 2.24) is 9.88 Å². The minimum atomic E-state index is -0.460. The first-order valence-electron chi connectivity index (χ1n) is 7.65. The Bertz CT molecular complexity index is 724. The largest absolute Gasteiger partial charge is 0.368 e. The highest BCUT2D eigenvalue weighted by molar-refractivity contribution is 7.13. The topological polar surface area (TPSA) is 76.3 Å². The predicted molar refractivity (Wildman–Crippen MR) is 89.9 cm³/mol. The summed E-state index contributed by atoms with van der Waals surface area (Å²) in [6.45, 7) is 2.64. The Kier molecular flexibility index (Phi) is 4.43. The number of primary amides is 1. The van der Waals surface area contributed by atoms with Crippen LogP contribution in [-0.2, 0) is 16.0 Å². The SMILES string of the molecule is Cc1ccc(-c2nc(CC(=O)N3CCC[C@@H]3C(N)=O)cs2)cc1. The highest BCUT2D eigenvalue weighted by atomic mass is 32.1. The lowest BCUT2D eigenvalue weighted by Crippen LogP contribution is -2.44. The summed E-state index contributed by atoms with van der Waals surface area (Å²) in [5.74, 6) is -0.499. The van der Waals surface area contributed by atoms with Crippen molar-refractivity contribution in [1.29, 1.82) is 0 Å². The molecule has 1 aliphatic rings. The van der Waals surface area contributed by atoms with Crippen molar-refractivity contribution in [3.63, 3.8) is 0 Å². The average molecular weight is 329 g/mol. The molecule has 23 heavy (non-hydrogen) atoms. The summed E-state index contributed by atoms with van der Waals surface area (Å²) in [6, 6.07) is 7.69. The second-order valence-electron chi connectivity index (χ2n) is 5.83. The van der Waals surface area contributed by atoms with E-state index in [1.165, 1.54) is 16.9 Å². The Morgan fingerprint density at radius 2 is 2.09 bits per heavy atom. The Morgan fingerprint density at radius 3 is 2.78 bits per heavy atom. The van der Waals surface area contributed by atoms with E-state index in [9.17, 15) is 9.59 Å². The second kappa shape index (κ2) is 6.50. The summed E-state index contributed by atoms with van der Waals surface area (Å²) >= 11 is 1.53. The lowest BCUT2D eigenvalue weighted by molar-refractivity contribution is -0.136. The van der Waals surface area contributed by atoms with E-state index in [-0.39, 0.29) is 12.3 Å². The van der Waals surface area contributed by atoms with E-state index in [0.717, 1.165) is 22.7 Å².